The summed E-state index contributed by atoms with van der Waals surface area (Å²) in [5.74, 6) is 1.30. The highest BCUT2D eigenvalue weighted by atomic mass is 32.2. The first-order chi connectivity index (χ1) is 15.2. The van der Waals surface area contributed by atoms with E-state index in [0.717, 1.165) is 55.8 Å². The molecule has 0 saturated heterocycles. The van der Waals surface area contributed by atoms with Crippen molar-refractivity contribution in [2.75, 3.05) is 11.1 Å². The van der Waals surface area contributed by atoms with E-state index in [1.807, 2.05) is 4.57 Å². The molecule has 1 aliphatic heterocycles. The number of rotatable bonds is 5. The Morgan fingerprint density at radius 3 is 2.84 bits per heavy atom. The van der Waals surface area contributed by atoms with Gasteiger partial charge in [0.05, 0.1) is 11.3 Å². The van der Waals surface area contributed by atoms with Crippen molar-refractivity contribution in [3.8, 4) is 11.4 Å². The molecule has 1 N–H and O–H groups in total. The molecule has 1 aromatic heterocycles. The van der Waals surface area contributed by atoms with Crippen LogP contribution in [0.1, 0.15) is 42.6 Å². The number of halogens is 1. The van der Waals surface area contributed by atoms with Crippen molar-refractivity contribution in [1.29, 1.82) is 0 Å². The SMILES string of the molecule is O=C(CSc1ccc2c(c1)CCC2)Nc1ccc(F)c(-c2nnc3n2CCCCC3)c1. The third kappa shape index (κ3) is 4.37. The Bertz CT molecular complexity index is 1130. The minimum Gasteiger partial charge on any atom is -0.325 e. The first-order valence-electron chi connectivity index (χ1n) is 10.9. The van der Waals surface area contributed by atoms with Crippen molar-refractivity contribution in [2.24, 2.45) is 0 Å². The summed E-state index contributed by atoms with van der Waals surface area (Å²) < 4.78 is 16.6. The van der Waals surface area contributed by atoms with Crippen LogP contribution in [-0.4, -0.2) is 26.4 Å². The first kappa shape index (κ1) is 20.2. The molecule has 5 rings (SSSR count). The molecule has 5 nitrogen and oxygen atoms in total. The highest BCUT2D eigenvalue weighted by Gasteiger charge is 2.19. The maximum absolute atomic E-state index is 14.6. The summed E-state index contributed by atoms with van der Waals surface area (Å²) in [6.07, 6.45) is 7.62. The molecule has 0 spiro atoms. The van der Waals surface area contributed by atoms with Gasteiger partial charge in [0.1, 0.15) is 11.6 Å². The average molecular weight is 437 g/mol. The van der Waals surface area contributed by atoms with Gasteiger partial charge in [0.15, 0.2) is 5.82 Å². The molecule has 1 aliphatic carbocycles. The van der Waals surface area contributed by atoms with Crippen LogP contribution < -0.4 is 5.32 Å². The van der Waals surface area contributed by atoms with Crippen molar-refractivity contribution in [3.63, 3.8) is 0 Å². The predicted molar refractivity (Wildman–Crippen MR) is 121 cm³/mol. The van der Waals surface area contributed by atoms with Gasteiger partial charge in [-0.1, -0.05) is 12.5 Å². The fourth-order valence-electron chi connectivity index (χ4n) is 4.44. The van der Waals surface area contributed by atoms with Crippen LogP contribution >= 0.6 is 11.8 Å². The van der Waals surface area contributed by atoms with Gasteiger partial charge in [-0.2, -0.15) is 0 Å². The lowest BCUT2D eigenvalue weighted by Crippen LogP contribution is -2.14. The predicted octanol–water partition coefficient (Wildman–Crippen LogP) is 5.03. The lowest BCUT2D eigenvalue weighted by molar-refractivity contribution is -0.113. The molecular weight excluding hydrogens is 411 g/mol. The second-order valence-electron chi connectivity index (χ2n) is 8.22. The molecule has 2 aliphatic rings. The van der Waals surface area contributed by atoms with E-state index >= 15 is 0 Å². The molecule has 7 heteroatoms. The van der Waals surface area contributed by atoms with Gasteiger partial charge in [-0.05, 0) is 73.6 Å². The van der Waals surface area contributed by atoms with Crippen molar-refractivity contribution in [3.05, 3.63) is 59.2 Å². The van der Waals surface area contributed by atoms with E-state index in [1.54, 1.807) is 12.1 Å². The Balaban J connectivity index is 1.28. The van der Waals surface area contributed by atoms with Crippen LogP contribution in [0.5, 0.6) is 0 Å². The number of thioether (sulfide) groups is 1. The van der Waals surface area contributed by atoms with E-state index in [2.05, 4.69) is 33.7 Å². The smallest absolute Gasteiger partial charge is 0.234 e. The minimum atomic E-state index is -0.357. The minimum absolute atomic E-state index is 0.108. The molecule has 0 radical (unpaired) electrons. The van der Waals surface area contributed by atoms with E-state index in [-0.39, 0.29) is 11.7 Å². The Kier molecular flexibility index (Phi) is 5.76. The number of carbonyl (C=O) groups excluding carboxylic acids is 1. The van der Waals surface area contributed by atoms with Crippen LogP contribution in [-0.2, 0) is 30.6 Å². The topological polar surface area (TPSA) is 59.8 Å². The van der Waals surface area contributed by atoms with Gasteiger partial charge in [0.25, 0.3) is 0 Å². The number of aromatic nitrogens is 3. The molecule has 0 unspecified atom stereocenters. The molecule has 31 heavy (non-hydrogen) atoms. The molecule has 1 amide bonds. The molecule has 2 aromatic carbocycles. The number of hydrogen-bond donors (Lipinski definition) is 1. The third-order valence-electron chi connectivity index (χ3n) is 6.04. The maximum Gasteiger partial charge on any atom is 0.234 e. The molecule has 160 valence electrons. The summed E-state index contributed by atoms with van der Waals surface area (Å²) in [5, 5.41) is 11.4. The number of fused-ring (bicyclic) bond motifs is 2. The molecule has 0 bridgehead atoms. The molecular formula is C24H25FN4OS. The van der Waals surface area contributed by atoms with Gasteiger partial charge >= 0.3 is 0 Å². The summed E-state index contributed by atoms with van der Waals surface area (Å²) in [6.45, 7) is 0.797. The average Bonchev–Trinajstić information content (AvgIpc) is 3.34. The Hall–Kier alpha value is -2.67. The van der Waals surface area contributed by atoms with E-state index < -0.39 is 0 Å². The Labute approximate surface area is 185 Å². The molecule has 3 aromatic rings. The maximum atomic E-state index is 14.6. The molecule has 2 heterocycles. The van der Waals surface area contributed by atoms with Crippen LogP contribution in [0.4, 0.5) is 10.1 Å². The zero-order valence-electron chi connectivity index (χ0n) is 17.4. The molecule has 0 saturated carbocycles. The number of benzene rings is 2. The fourth-order valence-corrected chi connectivity index (χ4v) is 5.20. The van der Waals surface area contributed by atoms with E-state index in [1.165, 1.54) is 35.4 Å². The number of hydrogen-bond acceptors (Lipinski definition) is 4. The largest absolute Gasteiger partial charge is 0.325 e. The second kappa shape index (κ2) is 8.83. The van der Waals surface area contributed by atoms with Gasteiger partial charge in [-0.3, -0.25) is 4.79 Å². The molecule has 0 atom stereocenters. The highest BCUT2D eigenvalue weighted by Crippen LogP contribution is 2.29. The lowest BCUT2D eigenvalue weighted by atomic mass is 10.1. The van der Waals surface area contributed by atoms with Crippen molar-refractivity contribution in [2.45, 2.75) is 56.4 Å². The standard InChI is InChI=1S/C24H25FN4OS/c25-21-11-9-18(14-20(21)24-28-27-22-7-2-1-3-12-29(22)24)26-23(30)15-31-19-10-8-16-5-4-6-17(16)13-19/h8-11,13-14H,1-7,12,15H2,(H,26,30). The van der Waals surface area contributed by atoms with Crippen LogP contribution in [0.25, 0.3) is 11.4 Å². The number of carbonyl (C=O) groups is 1. The number of nitrogens with one attached hydrogen (secondary N) is 1. The van der Waals surface area contributed by atoms with E-state index in [9.17, 15) is 9.18 Å². The monoisotopic (exact) mass is 436 g/mol. The van der Waals surface area contributed by atoms with E-state index in [4.69, 9.17) is 0 Å². The van der Waals surface area contributed by atoms with E-state index in [0.29, 0.717) is 22.8 Å². The third-order valence-corrected chi connectivity index (χ3v) is 7.03. The Morgan fingerprint density at radius 1 is 1.00 bits per heavy atom. The fraction of sp³-hybridized carbons (Fsp3) is 0.375. The van der Waals surface area contributed by atoms with Crippen molar-refractivity contribution < 1.29 is 9.18 Å². The summed E-state index contributed by atoms with van der Waals surface area (Å²) >= 11 is 1.53. The second-order valence-corrected chi connectivity index (χ2v) is 9.27. The van der Waals surface area contributed by atoms with Gasteiger partial charge in [-0.25, -0.2) is 4.39 Å². The molecule has 0 fully saturated rings. The number of aryl methyl sites for hydroxylation is 3. The zero-order valence-corrected chi connectivity index (χ0v) is 18.2. The van der Waals surface area contributed by atoms with Crippen LogP contribution in [0.2, 0.25) is 0 Å². The number of nitrogens with zero attached hydrogens (tertiary/aromatic N) is 3. The van der Waals surface area contributed by atoms with Crippen molar-refractivity contribution >= 4 is 23.4 Å². The summed E-state index contributed by atoms with van der Waals surface area (Å²) in [6, 6.07) is 11.1. The normalized spacial score (nSPS) is 15.3. The summed E-state index contributed by atoms with van der Waals surface area (Å²) in [5.41, 5.74) is 3.78. The van der Waals surface area contributed by atoms with Gasteiger partial charge < -0.3 is 9.88 Å². The van der Waals surface area contributed by atoms with Crippen molar-refractivity contribution in [1.82, 2.24) is 14.8 Å². The first-order valence-corrected chi connectivity index (χ1v) is 11.9. The van der Waals surface area contributed by atoms with Crippen LogP contribution in [0, 0.1) is 5.82 Å². The number of anilines is 1. The highest BCUT2D eigenvalue weighted by molar-refractivity contribution is 8.00. The van der Waals surface area contributed by atoms with Gasteiger partial charge in [0, 0.05) is 23.5 Å². The number of amides is 1. The lowest BCUT2D eigenvalue weighted by Gasteiger charge is -2.11. The Morgan fingerprint density at radius 2 is 1.90 bits per heavy atom. The van der Waals surface area contributed by atoms with Crippen LogP contribution in [0.3, 0.4) is 0 Å². The van der Waals surface area contributed by atoms with Gasteiger partial charge in [0.2, 0.25) is 5.91 Å². The zero-order chi connectivity index (χ0) is 21.2. The summed E-state index contributed by atoms with van der Waals surface area (Å²) in [7, 11) is 0. The van der Waals surface area contributed by atoms with Crippen LogP contribution in [0.15, 0.2) is 41.3 Å². The quantitative estimate of drug-likeness (QED) is 0.570. The summed E-state index contributed by atoms with van der Waals surface area (Å²) in [4.78, 5) is 13.6. The van der Waals surface area contributed by atoms with Gasteiger partial charge in [-0.15, -0.1) is 22.0 Å².